The lowest BCUT2D eigenvalue weighted by molar-refractivity contribution is -0.0237. The summed E-state index contributed by atoms with van der Waals surface area (Å²) < 4.78 is 15.7. The third kappa shape index (κ3) is 3.35. The van der Waals surface area contributed by atoms with Crippen LogP contribution < -0.4 is 9.47 Å². The molecule has 2 unspecified atom stereocenters. The average molecular weight is 240 g/mol. The number of methoxy groups -OCH3 is 2. The van der Waals surface area contributed by atoms with Crippen LogP contribution in [-0.2, 0) is 4.74 Å². The Morgan fingerprint density at radius 3 is 2.47 bits per heavy atom. The Morgan fingerprint density at radius 2 is 1.94 bits per heavy atom. The van der Waals surface area contributed by atoms with Gasteiger partial charge < -0.3 is 19.3 Å². The van der Waals surface area contributed by atoms with Gasteiger partial charge in [-0.05, 0) is 32.0 Å². The van der Waals surface area contributed by atoms with Crippen LogP contribution in [0.2, 0.25) is 0 Å². The van der Waals surface area contributed by atoms with Crippen molar-refractivity contribution in [2.24, 2.45) is 0 Å². The van der Waals surface area contributed by atoms with Gasteiger partial charge in [0.1, 0.15) is 17.6 Å². The monoisotopic (exact) mass is 240 g/mol. The largest absolute Gasteiger partial charge is 0.497 e. The molecule has 0 aliphatic heterocycles. The van der Waals surface area contributed by atoms with Gasteiger partial charge in [0.25, 0.3) is 0 Å². The van der Waals surface area contributed by atoms with Gasteiger partial charge in [-0.1, -0.05) is 0 Å². The molecule has 2 atom stereocenters. The molecule has 17 heavy (non-hydrogen) atoms. The first-order chi connectivity index (χ1) is 8.13. The highest BCUT2D eigenvalue weighted by Gasteiger charge is 2.21. The van der Waals surface area contributed by atoms with E-state index in [1.165, 1.54) is 0 Å². The highest BCUT2D eigenvalue weighted by molar-refractivity contribution is 5.42. The van der Waals surface area contributed by atoms with E-state index in [0.29, 0.717) is 23.7 Å². The van der Waals surface area contributed by atoms with Crippen LogP contribution in [0.1, 0.15) is 25.5 Å². The number of hydrogen-bond acceptors (Lipinski definition) is 4. The molecular formula is C13H20O4. The molecule has 1 rings (SSSR count). The Hall–Kier alpha value is -1.26. The normalized spacial score (nSPS) is 14.2. The van der Waals surface area contributed by atoms with E-state index in [-0.39, 0.29) is 6.10 Å². The van der Waals surface area contributed by atoms with Gasteiger partial charge in [-0.2, -0.15) is 0 Å². The lowest BCUT2D eigenvalue weighted by Crippen LogP contribution is -2.19. The van der Waals surface area contributed by atoms with Crippen LogP contribution in [0, 0.1) is 0 Å². The van der Waals surface area contributed by atoms with Crippen LogP contribution in [0.3, 0.4) is 0 Å². The van der Waals surface area contributed by atoms with E-state index in [0.717, 1.165) is 0 Å². The molecule has 0 saturated carbocycles. The molecule has 0 radical (unpaired) electrons. The summed E-state index contributed by atoms with van der Waals surface area (Å²) in [6, 6.07) is 5.33. The lowest BCUT2D eigenvalue weighted by Gasteiger charge is -2.21. The molecule has 96 valence electrons. The number of hydrogen-bond donors (Lipinski definition) is 1. The number of rotatable bonds is 6. The summed E-state index contributed by atoms with van der Waals surface area (Å²) in [5, 5.41) is 10.2. The summed E-state index contributed by atoms with van der Waals surface area (Å²) in [7, 11) is 3.16. The molecule has 0 aliphatic rings. The molecule has 4 heteroatoms. The molecule has 1 aromatic carbocycles. The summed E-state index contributed by atoms with van der Waals surface area (Å²) in [5.74, 6) is 1.31. The third-order valence-electron chi connectivity index (χ3n) is 2.63. The zero-order chi connectivity index (χ0) is 12.8. The van der Waals surface area contributed by atoms with Crippen molar-refractivity contribution in [3.8, 4) is 11.5 Å². The molecule has 0 saturated heterocycles. The SMILES string of the molecule is CCOC(C)C(O)c1cc(OC)ccc1OC. The fraction of sp³-hybridized carbons (Fsp3) is 0.538. The minimum Gasteiger partial charge on any atom is -0.497 e. The topological polar surface area (TPSA) is 47.9 Å². The first kappa shape index (κ1) is 13.8. The van der Waals surface area contributed by atoms with E-state index < -0.39 is 6.10 Å². The van der Waals surface area contributed by atoms with Crippen molar-refractivity contribution in [1.82, 2.24) is 0 Å². The highest BCUT2D eigenvalue weighted by atomic mass is 16.5. The number of aliphatic hydroxyl groups excluding tert-OH is 1. The molecule has 0 fully saturated rings. The average Bonchev–Trinajstić information content (AvgIpc) is 2.37. The first-order valence-electron chi connectivity index (χ1n) is 5.65. The van der Waals surface area contributed by atoms with Gasteiger partial charge in [0.15, 0.2) is 0 Å². The van der Waals surface area contributed by atoms with Crippen molar-refractivity contribution < 1.29 is 19.3 Å². The number of aliphatic hydroxyl groups is 1. The van der Waals surface area contributed by atoms with Crippen molar-refractivity contribution in [1.29, 1.82) is 0 Å². The molecule has 1 N–H and O–H groups in total. The zero-order valence-electron chi connectivity index (χ0n) is 10.8. The van der Waals surface area contributed by atoms with Crippen LogP contribution in [0.25, 0.3) is 0 Å². The van der Waals surface area contributed by atoms with Gasteiger partial charge in [-0.25, -0.2) is 0 Å². The molecule has 4 nitrogen and oxygen atoms in total. The van der Waals surface area contributed by atoms with Crippen LogP contribution in [0.5, 0.6) is 11.5 Å². The molecule has 0 heterocycles. The van der Waals surface area contributed by atoms with Crippen molar-refractivity contribution in [3.63, 3.8) is 0 Å². The fourth-order valence-electron chi connectivity index (χ4n) is 1.68. The van der Waals surface area contributed by atoms with Crippen LogP contribution in [-0.4, -0.2) is 32.0 Å². The second-order valence-electron chi connectivity index (χ2n) is 3.71. The number of ether oxygens (including phenoxy) is 3. The molecule has 0 bridgehead atoms. The third-order valence-corrected chi connectivity index (χ3v) is 2.63. The Balaban J connectivity index is 3.00. The molecule has 1 aromatic rings. The minimum atomic E-state index is -0.736. The van der Waals surface area contributed by atoms with Gasteiger partial charge in [0, 0.05) is 12.2 Å². The maximum atomic E-state index is 10.2. The lowest BCUT2D eigenvalue weighted by atomic mass is 10.0. The van der Waals surface area contributed by atoms with Gasteiger partial charge in [0.05, 0.1) is 20.3 Å². The molecule has 0 spiro atoms. The van der Waals surface area contributed by atoms with Crippen LogP contribution in [0.4, 0.5) is 0 Å². The molecule has 0 amide bonds. The van der Waals surface area contributed by atoms with Crippen molar-refractivity contribution in [2.75, 3.05) is 20.8 Å². The highest BCUT2D eigenvalue weighted by Crippen LogP contribution is 2.31. The quantitative estimate of drug-likeness (QED) is 0.827. The maximum Gasteiger partial charge on any atom is 0.125 e. The Labute approximate surface area is 102 Å². The van der Waals surface area contributed by atoms with E-state index in [1.54, 1.807) is 32.4 Å². The van der Waals surface area contributed by atoms with Crippen molar-refractivity contribution >= 4 is 0 Å². The van der Waals surface area contributed by atoms with Crippen LogP contribution >= 0.6 is 0 Å². The summed E-state index contributed by atoms with van der Waals surface area (Å²) in [5.41, 5.74) is 0.674. The predicted molar refractivity (Wildman–Crippen MR) is 65.6 cm³/mol. The first-order valence-corrected chi connectivity index (χ1v) is 5.65. The van der Waals surface area contributed by atoms with Gasteiger partial charge >= 0.3 is 0 Å². The Bertz CT molecular complexity index is 351. The fourth-order valence-corrected chi connectivity index (χ4v) is 1.68. The van der Waals surface area contributed by atoms with E-state index in [2.05, 4.69) is 0 Å². The standard InChI is InChI=1S/C13H20O4/c1-5-17-9(2)13(14)11-8-10(15-3)6-7-12(11)16-4/h6-9,13-14H,5H2,1-4H3. The zero-order valence-corrected chi connectivity index (χ0v) is 10.8. The van der Waals surface area contributed by atoms with Gasteiger partial charge in [-0.15, -0.1) is 0 Å². The van der Waals surface area contributed by atoms with Crippen LogP contribution in [0.15, 0.2) is 18.2 Å². The van der Waals surface area contributed by atoms with Gasteiger partial charge in [0.2, 0.25) is 0 Å². The summed E-state index contributed by atoms with van der Waals surface area (Å²) >= 11 is 0. The van der Waals surface area contributed by atoms with E-state index >= 15 is 0 Å². The van der Waals surface area contributed by atoms with E-state index in [1.807, 2.05) is 13.8 Å². The van der Waals surface area contributed by atoms with Crippen molar-refractivity contribution in [2.45, 2.75) is 26.1 Å². The van der Waals surface area contributed by atoms with Gasteiger partial charge in [-0.3, -0.25) is 0 Å². The molecular weight excluding hydrogens is 220 g/mol. The Morgan fingerprint density at radius 1 is 1.24 bits per heavy atom. The van der Waals surface area contributed by atoms with E-state index in [4.69, 9.17) is 14.2 Å². The maximum absolute atomic E-state index is 10.2. The summed E-state index contributed by atoms with van der Waals surface area (Å²) in [6.07, 6.45) is -1.03. The Kier molecular flexibility index (Phi) is 5.25. The molecule has 0 aromatic heterocycles. The second-order valence-corrected chi connectivity index (χ2v) is 3.71. The summed E-state index contributed by atoms with van der Waals surface area (Å²) in [4.78, 5) is 0. The second kappa shape index (κ2) is 6.47. The number of benzene rings is 1. The molecule has 0 aliphatic carbocycles. The predicted octanol–water partition coefficient (Wildman–Crippen LogP) is 2.16. The van der Waals surface area contributed by atoms with E-state index in [9.17, 15) is 5.11 Å². The minimum absolute atomic E-state index is 0.291. The smallest absolute Gasteiger partial charge is 0.125 e. The summed E-state index contributed by atoms with van der Waals surface area (Å²) in [6.45, 7) is 4.28. The van der Waals surface area contributed by atoms with Crippen molar-refractivity contribution in [3.05, 3.63) is 23.8 Å².